The Balaban J connectivity index is 1.17. The summed E-state index contributed by atoms with van der Waals surface area (Å²) in [4.78, 5) is 28.9. The van der Waals surface area contributed by atoms with Gasteiger partial charge in [-0.2, -0.15) is 0 Å². The molecule has 0 spiro atoms. The van der Waals surface area contributed by atoms with Crippen molar-refractivity contribution in [2.45, 2.75) is 83.3 Å². The maximum absolute atomic E-state index is 11.6. The number of nitrogens with one attached hydrogen (secondary N) is 1. The number of unbranched alkanes of at least 4 members (excludes halogenated alkanes) is 1. The number of piperidine rings is 1. The van der Waals surface area contributed by atoms with Crippen molar-refractivity contribution in [1.82, 2.24) is 25.1 Å². The van der Waals surface area contributed by atoms with Gasteiger partial charge in [0.15, 0.2) is 0 Å². The number of amides is 1. The Morgan fingerprint density at radius 1 is 1.09 bits per heavy atom. The van der Waals surface area contributed by atoms with Gasteiger partial charge in [0.1, 0.15) is 6.61 Å². The molecule has 8 nitrogen and oxygen atoms in total. The number of carbonyl (C=O) groups excluding carboxylic acids is 1. The number of piperazine rings is 1. The fourth-order valence-corrected chi connectivity index (χ4v) is 5.78. The molecule has 2 unspecified atom stereocenters. The molecule has 1 aromatic heterocycles. The van der Waals surface area contributed by atoms with Crippen molar-refractivity contribution in [3.05, 3.63) is 18.0 Å². The molecule has 0 aliphatic carbocycles. The zero-order valence-corrected chi connectivity index (χ0v) is 21.4. The summed E-state index contributed by atoms with van der Waals surface area (Å²) in [6.07, 6.45) is 11.2. The van der Waals surface area contributed by atoms with Crippen LogP contribution in [0.1, 0.15) is 70.8 Å². The normalized spacial score (nSPS) is 24.2. The second-order valence-corrected chi connectivity index (χ2v) is 10.5. The third-order valence-electron chi connectivity index (χ3n) is 7.85. The van der Waals surface area contributed by atoms with Gasteiger partial charge in [0.2, 0.25) is 11.9 Å². The lowest BCUT2D eigenvalue weighted by atomic mass is 9.91. The standard InChI is InChI=1S/C26H44N6O2/c1-4-34-19-25(33)27-11-5-6-12-30-13-9-21(10-14-30)22-15-28-26(29-16-22)32-23-7-8-24(32)18-31(17-23)20(2)3/h15-16,20-21,23-24H,4-14,17-19H2,1-3H3,(H,27,33). The SMILES string of the molecule is CCOCC(=O)NCCCCN1CCC(c2cnc(N3C4CCC3CN(C(C)C)C4)nc2)CC1. The predicted molar refractivity (Wildman–Crippen MR) is 135 cm³/mol. The van der Waals surface area contributed by atoms with Crippen molar-refractivity contribution in [2.75, 3.05) is 57.4 Å². The van der Waals surface area contributed by atoms with Gasteiger partial charge in [-0.3, -0.25) is 9.69 Å². The zero-order chi connectivity index (χ0) is 23.9. The van der Waals surface area contributed by atoms with Crippen LogP contribution in [0.3, 0.4) is 0 Å². The first-order valence-corrected chi connectivity index (χ1v) is 13.5. The van der Waals surface area contributed by atoms with Gasteiger partial charge in [-0.05, 0) is 90.4 Å². The summed E-state index contributed by atoms with van der Waals surface area (Å²) in [5.74, 6) is 1.49. The van der Waals surface area contributed by atoms with Gasteiger partial charge in [0, 0.05) is 56.8 Å². The molecule has 0 saturated carbocycles. The fourth-order valence-electron chi connectivity index (χ4n) is 5.78. The van der Waals surface area contributed by atoms with Crippen molar-refractivity contribution in [3.8, 4) is 0 Å². The van der Waals surface area contributed by atoms with E-state index in [2.05, 4.69) is 46.3 Å². The van der Waals surface area contributed by atoms with Crippen LogP contribution in [0.15, 0.2) is 12.4 Å². The van der Waals surface area contributed by atoms with Gasteiger partial charge < -0.3 is 19.9 Å². The Labute approximate surface area is 205 Å². The number of rotatable bonds is 11. The first-order valence-electron chi connectivity index (χ1n) is 13.5. The molecule has 3 aliphatic rings. The van der Waals surface area contributed by atoms with Crippen molar-refractivity contribution in [1.29, 1.82) is 0 Å². The van der Waals surface area contributed by atoms with Gasteiger partial charge in [-0.15, -0.1) is 0 Å². The van der Waals surface area contributed by atoms with Crippen molar-refractivity contribution in [2.24, 2.45) is 0 Å². The molecule has 3 fully saturated rings. The Hall–Kier alpha value is -1.77. The Bertz CT molecular complexity index is 751. The van der Waals surface area contributed by atoms with Crippen LogP contribution in [0.5, 0.6) is 0 Å². The lowest BCUT2D eigenvalue weighted by Crippen LogP contribution is -2.56. The van der Waals surface area contributed by atoms with Crippen molar-refractivity contribution < 1.29 is 9.53 Å². The highest BCUT2D eigenvalue weighted by Gasteiger charge is 2.41. The van der Waals surface area contributed by atoms with E-state index in [-0.39, 0.29) is 12.5 Å². The number of hydrogen-bond donors (Lipinski definition) is 1. The van der Waals surface area contributed by atoms with Gasteiger partial charge in [0.05, 0.1) is 0 Å². The molecule has 190 valence electrons. The molecule has 2 bridgehead atoms. The summed E-state index contributed by atoms with van der Waals surface area (Å²) in [6, 6.07) is 1.74. The monoisotopic (exact) mass is 472 g/mol. The minimum absolute atomic E-state index is 0.0126. The lowest BCUT2D eigenvalue weighted by Gasteiger charge is -2.42. The summed E-state index contributed by atoms with van der Waals surface area (Å²) >= 11 is 0. The Kier molecular flexibility index (Phi) is 9.14. The summed E-state index contributed by atoms with van der Waals surface area (Å²) in [5.41, 5.74) is 1.30. The number of hydrogen-bond acceptors (Lipinski definition) is 7. The number of nitrogens with zero attached hydrogens (tertiary/aromatic N) is 5. The van der Waals surface area contributed by atoms with E-state index >= 15 is 0 Å². The average Bonchev–Trinajstić information content (AvgIpc) is 3.11. The molecule has 3 aliphatic heterocycles. The molecular formula is C26H44N6O2. The number of aromatic nitrogens is 2. The maximum atomic E-state index is 11.6. The van der Waals surface area contributed by atoms with Crippen LogP contribution in [0.25, 0.3) is 0 Å². The van der Waals surface area contributed by atoms with E-state index in [1.807, 2.05) is 6.92 Å². The molecular weight excluding hydrogens is 428 g/mol. The predicted octanol–water partition coefficient (Wildman–Crippen LogP) is 2.65. The number of carbonyl (C=O) groups is 1. The first kappa shape index (κ1) is 25.3. The Morgan fingerprint density at radius 2 is 1.76 bits per heavy atom. The van der Waals surface area contributed by atoms with E-state index in [0.29, 0.717) is 30.7 Å². The minimum atomic E-state index is -0.0126. The van der Waals surface area contributed by atoms with E-state index in [9.17, 15) is 4.79 Å². The molecule has 0 radical (unpaired) electrons. The molecule has 2 atom stereocenters. The van der Waals surface area contributed by atoms with Crippen molar-refractivity contribution in [3.63, 3.8) is 0 Å². The fraction of sp³-hybridized carbons (Fsp3) is 0.808. The van der Waals surface area contributed by atoms with E-state index in [0.717, 1.165) is 58.1 Å². The molecule has 1 amide bonds. The van der Waals surface area contributed by atoms with Gasteiger partial charge >= 0.3 is 0 Å². The first-order chi connectivity index (χ1) is 16.5. The van der Waals surface area contributed by atoms with E-state index < -0.39 is 0 Å². The van der Waals surface area contributed by atoms with Crippen molar-refractivity contribution >= 4 is 11.9 Å². The smallest absolute Gasteiger partial charge is 0.245 e. The largest absolute Gasteiger partial charge is 0.372 e. The quantitative estimate of drug-likeness (QED) is 0.496. The number of ether oxygens (including phenoxy) is 1. The van der Waals surface area contributed by atoms with E-state index in [4.69, 9.17) is 14.7 Å². The number of fused-ring (bicyclic) bond motifs is 2. The zero-order valence-electron chi connectivity index (χ0n) is 21.4. The second-order valence-electron chi connectivity index (χ2n) is 10.5. The third kappa shape index (κ3) is 6.46. The molecule has 4 rings (SSSR count). The molecule has 8 heteroatoms. The Morgan fingerprint density at radius 3 is 2.38 bits per heavy atom. The van der Waals surface area contributed by atoms with Crippen LogP contribution in [0.2, 0.25) is 0 Å². The van der Waals surface area contributed by atoms with E-state index in [1.165, 1.54) is 31.2 Å². The second kappa shape index (κ2) is 12.3. The van der Waals surface area contributed by atoms with Crippen LogP contribution in [0.4, 0.5) is 5.95 Å². The summed E-state index contributed by atoms with van der Waals surface area (Å²) < 4.78 is 5.12. The lowest BCUT2D eigenvalue weighted by molar-refractivity contribution is -0.125. The molecule has 0 aromatic carbocycles. The average molecular weight is 473 g/mol. The molecule has 3 saturated heterocycles. The third-order valence-corrected chi connectivity index (χ3v) is 7.85. The molecule has 1 N–H and O–H groups in total. The minimum Gasteiger partial charge on any atom is -0.372 e. The summed E-state index contributed by atoms with van der Waals surface area (Å²) in [6.45, 7) is 13.6. The van der Waals surface area contributed by atoms with Crippen LogP contribution in [0, 0.1) is 0 Å². The van der Waals surface area contributed by atoms with Gasteiger partial charge in [-0.1, -0.05) is 0 Å². The van der Waals surface area contributed by atoms with E-state index in [1.54, 1.807) is 0 Å². The molecule has 1 aromatic rings. The highest BCUT2D eigenvalue weighted by atomic mass is 16.5. The molecule has 34 heavy (non-hydrogen) atoms. The summed E-state index contributed by atoms with van der Waals surface area (Å²) in [5, 5.41) is 2.93. The van der Waals surface area contributed by atoms with Crippen LogP contribution >= 0.6 is 0 Å². The topological polar surface area (TPSA) is 73.8 Å². The number of likely N-dealkylation sites (tertiary alicyclic amines) is 2. The highest BCUT2D eigenvalue weighted by Crippen LogP contribution is 2.34. The maximum Gasteiger partial charge on any atom is 0.245 e. The van der Waals surface area contributed by atoms with Crippen LogP contribution in [-0.4, -0.2) is 96.3 Å². The van der Waals surface area contributed by atoms with Crippen LogP contribution < -0.4 is 10.2 Å². The summed E-state index contributed by atoms with van der Waals surface area (Å²) in [7, 11) is 0. The highest BCUT2D eigenvalue weighted by molar-refractivity contribution is 5.77. The number of anilines is 1. The van der Waals surface area contributed by atoms with Gasteiger partial charge in [0.25, 0.3) is 0 Å². The van der Waals surface area contributed by atoms with Gasteiger partial charge in [-0.25, -0.2) is 9.97 Å². The van der Waals surface area contributed by atoms with Crippen LogP contribution in [-0.2, 0) is 9.53 Å². The molecule has 4 heterocycles.